The lowest BCUT2D eigenvalue weighted by Gasteiger charge is -2.37. The molecule has 0 aromatic carbocycles. The van der Waals surface area contributed by atoms with E-state index in [1.54, 1.807) is 13.3 Å². The second-order valence-electron chi connectivity index (χ2n) is 5.46. The highest BCUT2D eigenvalue weighted by Crippen LogP contribution is 2.40. The van der Waals surface area contributed by atoms with Gasteiger partial charge in [0.15, 0.2) is 0 Å². The number of carboxylic acid groups (broad SMARTS) is 1. The van der Waals surface area contributed by atoms with Gasteiger partial charge in [-0.15, -0.1) is 0 Å². The van der Waals surface area contributed by atoms with Crippen LogP contribution in [0.15, 0.2) is 16.7 Å². The molecule has 1 aliphatic carbocycles. The summed E-state index contributed by atoms with van der Waals surface area (Å²) < 4.78 is 5.18. The molecular formula is C14H20N2O4. The molecule has 0 spiro atoms. The second kappa shape index (κ2) is 5.56. The Morgan fingerprint density at radius 1 is 1.50 bits per heavy atom. The van der Waals surface area contributed by atoms with E-state index in [4.69, 9.17) is 4.42 Å². The number of aryl methyl sites for hydroxylation is 1. The van der Waals surface area contributed by atoms with Crippen LogP contribution in [0.1, 0.15) is 30.6 Å². The van der Waals surface area contributed by atoms with Gasteiger partial charge in [-0.3, -0.25) is 4.79 Å². The Kier molecular flexibility index (Phi) is 4.01. The molecule has 1 aliphatic rings. The van der Waals surface area contributed by atoms with Gasteiger partial charge in [-0.25, -0.2) is 4.79 Å². The van der Waals surface area contributed by atoms with E-state index >= 15 is 0 Å². The van der Waals surface area contributed by atoms with Crippen LogP contribution in [0.2, 0.25) is 0 Å². The molecular weight excluding hydrogens is 260 g/mol. The van der Waals surface area contributed by atoms with Gasteiger partial charge in [0.2, 0.25) is 0 Å². The third kappa shape index (κ3) is 2.79. The third-order valence-corrected chi connectivity index (χ3v) is 4.06. The monoisotopic (exact) mass is 280 g/mol. The normalized spacial score (nSPS) is 16.3. The number of rotatable bonds is 5. The average molecular weight is 280 g/mol. The summed E-state index contributed by atoms with van der Waals surface area (Å²) in [5.41, 5.74) is 0.182. The fourth-order valence-corrected chi connectivity index (χ4v) is 2.35. The van der Waals surface area contributed by atoms with Crippen molar-refractivity contribution in [2.45, 2.75) is 32.7 Å². The molecule has 2 N–H and O–H groups in total. The molecule has 20 heavy (non-hydrogen) atoms. The van der Waals surface area contributed by atoms with E-state index in [9.17, 15) is 14.7 Å². The molecule has 2 amide bonds. The number of urea groups is 1. The summed E-state index contributed by atoms with van der Waals surface area (Å²) in [7, 11) is 1.68. The van der Waals surface area contributed by atoms with Crippen molar-refractivity contribution in [2.24, 2.45) is 5.41 Å². The highest BCUT2D eigenvalue weighted by Gasteiger charge is 2.44. The summed E-state index contributed by atoms with van der Waals surface area (Å²) >= 11 is 0. The number of furan rings is 1. The Morgan fingerprint density at radius 2 is 2.20 bits per heavy atom. The van der Waals surface area contributed by atoms with E-state index < -0.39 is 11.4 Å². The van der Waals surface area contributed by atoms with Gasteiger partial charge in [0.1, 0.15) is 5.76 Å². The van der Waals surface area contributed by atoms with Crippen LogP contribution in [0.4, 0.5) is 4.79 Å². The van der Waals surface area contributed by atoms with Crippen LogP contribution < -0.4 is 5.32 Å². The molecule has 1 aromatic rings. The number of carbonyl (C=O) groups is 2. The molecule has 0 unspecified atom stereocenters. The number of nitrogens with zero attached hydrogens (tertiary/aromatic N) is 1. The van der Waals surface area contributed by atoms with Crippen molar-refractivity contribution in [3.05, 3.63) is 23.7 Å². The first-order chi connectivity index (χ1) is 9.44. The number of carbonyl (C=O) groups excluding carboxylic acids is 1. The zero-order valence-electron chi connectivity index (χ0n) is 11.8. The van der Waals surface area contributed by atoms with Crippen LogP contribution in [0, 0.1) is 12.3 Å². The van der Waals surface area contributed by atoms with Crippen LogP contribution >= 0.6 is 0 Å². The molecule has 6 nitrogen and oxygen atoms in total. The van der Waals surface area contributed by atoms with Crippen LogP contribution in [-0.4, -0.2) is 35.6 Å². The van der Waals surface area contributed by atoms with E-state index in [1.165, 1.54) is 4.90 Å². The molecule has 0 bridgehead atoms. The summed E-state index contributed by atoms with van der Waals surface area (Å²) in [6.07, 6.45) is 3.76. The van der Waals surface area contributed by atoms with Gasteiger partial charge in [-0.05, 0) is 25.8 Å². The Morgan fingerprint density at radius 3 is 2.65 bits per heavy atom. The van der Waals surface area contributed by atoms with Gasteiger partial charge >= 0.3 is 12.0 Å². The molecule has 2 rings (SSSR count). The summed E-state index contributed by atoms with van der Waals surface area (Å²) in [5, 5.41) is 11.9. The number of amides is 2. The zero-order chi connectivity index (χ0) is 14.8. The van der Waals surface area contributed by atoms with Crippen molar-refractivity contribution in [2.75, 3.05) is 13.6 Å². The molecule has 1 aromatic heterocycles. The highest BCUT2D eigenvalue weighted by molar-refractivity contribution is 5.78. The second-order valence-corrected chi connectivity index (χ2v) is 5.46. The highest BCUT2D eigenvalue weighted by atomic mass is 16.4. The Bertz CT molecular complexity index is 505. The smallest absolute Gasteiger partial charge is 0.317 e. The van der Waals surface area contributed by atoms with Gasteiger partial charge in [0.25, 0.3) is 0 Å². The number of carboxylic acids is 1. The van der Waals surface area contributed by atoms with Crippen LogP contribution in [0.25, 0.3) is 0 Å². The van der Waals surface area contributed by atoms with Crippen molar-refractivity contribution in [3.63, 3.8) is 0 Å². The number of hydrogen-bond acceptors (Lipinski definition) is 3. The van der Waals surface area contributed by atoms with Crippen molar-refractivity contribution in [1.29, 1.82) is 0 Å². The SMILES string of the molecule is Cc1occc1CN(C)C(=O)NCC1(C(=O)O)CCC1. The lowest BCUT2D eigenvalue weighted by atomic mass is 9.69. The fourth-order valence-electron chi connectivity index (χ4n) is 2.35. The predicted molar refractivity (Wildman–Crippen MR) is 72.2 cm³/mol. The Hall–Kier alpha value is -1.98. The van der Waals surface area contributed by atoms with Gasteiger partial charge in [-0.2, -0.15) is 0 Å². The summed E-state index contributed by atoms with van der Waals surface area (Å²) in [6.45, 7) is 2.47. The standard InChI is InChI=1S/C14H20N2O4/c1-10-11(4-7-20-10)8-16(2)13(19)15-9-14(12(17)18)5-3-6-14/h4,7H,3,5-6,8-9H2,1-2H3,(H,15,19)(H,17,18). The predicted octanol–water partition coefficient (Wildman–Crippen LogP) is 1.98. The number of nitrogens with one attached hydrogen (secondary N) is 1. The van der Waals surface area contributed by atoms with Crippen molar-refractivity contribution < 1.29 is 19.1 Å². The topological polar surface area (TPSA) is 82.8 Å². The molecule has 0 aliphatic heterocycles. The first-order valence-corrected chi connectivity index (χ1v) is 6.70. The minimum atomic E-state index is -0.822. The maximum atomic E-state index is 12.0. The largest absolute Gasteiger partial charge is 0.481 e. The van der Waals surface area contributed by atoms with Gasteiger partial charge in [0, 0.05) is 19.2 Å². The lowest BCUT2D eigenvalue weighted by molar-refractivity contribution is -0.153. The Balaban J connectivity index is 1.85. The van der Waals surface area contributed by atoms with Crippen LogP contribution in [0.5, 0.6) is 0 Å². The summed E-state index contributed by atoms with van der Waals surface area (Å²) in [4.78, 5) is 24.7. The number of aliphatic carboxylic acids is 1. The van der Waals surface area contributed by atoms with E-state index in [-0.39, 0.29) is 12.6 Å². The van der Waals surface area contributed by atoms with Gasteiger partial charge in [0.05, 0.1) is 18.2 Å². The molecule has 0 radical (unpaired) electrons. The van der Waals surface area contributed by atoms with Crippen LogP contribution in [-0.2, 0) is 11.3 Å². The Labute approximate surface area is 117 Å². The van der Waals surface area contributed by atoms with Crippen molar-refractivity contribution in [1.82, 2.24) is 10.2 Å². The summed E-state index contributed by atoms with van der Waals surface area (Å²) in [6, 6.07) is 1.56. The molecule has 1 saturated carbocycles. The van der Waals surface area contributed by atoms with E-state index in [0.29, 0.717) is 19.4 Å². The maximum absolute atomic E-state index is 12.0. The number of hydrogen-bond donors (Lipinski definition) is 2. The lowest BCUT2D eigenvalue weighted by Crippen LogP contribution is -2.49. The zero-order valence-corrected chi connectivity index (χ0v) is 11.8. The van der Waals surface area contributed by atoms with E-state index in [2.05, 4.69) is 5.32 Å². The molecule has 6 heteroatoms. The minimum Gasteiger partial charge on any atom is -0.481 e. The van der Waals surface area contributed by atoms with Crippen molar-refractivity contribution >= 4 is 12.0 Å². The molecule has 1 fully saturated rings. The molecule has 0 atom stereocenters. The molecule has 110 valence electrons. The molecule has 0 saturated heterocycles. The minimum absolute atomic E-state index is 0.190. The third-order valence-electron chi connectivity index (χ3n) is 4.06. The fraction of sp³-hybridized carbons (Fsp3) is 0.571. The first-order valence-electron chi connectivity index (χ1n) is 6.70. The van der Waals surface area contributed by atoms with Crippen LogP contribution in [0.3, 0.4) is 0 Å². The quantitative estimate of drug-likeness (QED) is 0.864. The maximum Gasteiger partial charge on any atom is 0.317 e. The average Bonchev–Trinajstić information content (AvgIpc) is 2.72. The van der Waals surface area contributed by atoms with E-state index in [0.717, 1.165) is 17.7 Å². The van der Waals surface area contributed by atoms with Gasteiger partial charge in [-0.1, -0.05) is 6.42 Å². The van der Waals surface area contributed by atoms with Gasteiger partial charge < -0.3 is 19.7 Å². The first kappa shape index (κ1) is 14.4. The van der Waals surface area contributed by atoms with Crippen molar-refractivity contribution in [3.8, 4) is 0 Å². The summed E-state index contributed by atoms with van der Waals surface area (Å²) in [5.74, 6) is -0.0389. The molecule has 1 heterocycles. The van der Waals surface area contributed by atoms with E-state index in [1.807, 2.05) is 13.0 Å².